The van der Waals surface area contributed by atoms with Gasteiger partial charge in [-0.05, 0) is 37.1 Å². The van der Waals surface area contributed by atoms with E-state index in [-0.39, 0.29) is 6.61 Å². The first kappa shape index (κ1) is 16.8. The predicted molar refractivity (Wildman–Crippen MR) is 97.1 cm³/mol. The molecule has 0 aliphatic rings. The van der Waals surface area contributed by atoms with Gasteiger partial charge in [-0.3, -0.25) is 0 Å². The molecular weight excluding hydrogens is 318 g/mol. The zero-order valence-corrected chi connectivity index (χ0v) is 14.4. The largest absolute Gasteiger partial charge is 0.457 e. The molecule has 5 heteroatoms. The lowest BCUT2D eigenvalue weighted by Gasteiger charge is -2.11. The van der Waals surface area contributed by atoms with Gasteiger partial charge in [0.25, 0.3) is 0 Å². The molecule has 0 aliphatic heterocycles. The van der Waals surface area contributed by atoms with Gasteiger partial charge < -0.3 is 14.5 Å². The summed E-state index contributed by atoms with van der Waals surface area (Å²) < 4.78 is 10.8. The molecule has 0 fully saturated rings. The number of hydrogen-bond acceptors (Lipinski definition) is 5. The molecule has 1 N–H and O–H groups in total. The van der Waals surface area contributed by atoms with Gasteiger partial charge in [-0.15, -0.1) is 0 Å². The fourth-order valence-electron chi connectivity index (χ4n) is 2.74. The molecule has 25 heavy (non-hydrogen) atoms. The van der Waals surface area contributed by atoms with Crippen molar-refractivity contribution >= 4 is 22.6 Å². The van der Waals surface area contributed by atoms with E-state index in [0.29, 0.717) is 22.4 Å². The van der Waals surface area contributed by atoms with E-state index in [2.05, 4.69) is 5.32 Å². The maximum Gasteiger partial charge on any atom is 0.340 e. The Balaban J connectivity index is 1.92. The monoisotopic (exact) mass is 337 g/mol. The number of para-hydroxylation sites is 1. The second-order valence-electron chi connectivity index (χ2n) is 5.85. The van der Waals surface area contributed by atoms with Crippen LogP contribution in [0.1, 0.15) is 27.0 Å². The van der Waals surface area contributed by atoms with Crippen LogP contribution in [0.15, 0.2) is 51.7 Å². The minimum absolute atomic E-state index is 0.00147. The minimum Gasteiger partial charge on any atom is -0.457 e. The normalized spacial score (nSPS) is 10.7. The van der Waals surface area contributed by atoms with Crippen LogP contribution in [0.3, 0.4) is 0 Å². The summed E-state index contributed by atoms with van der Waals surface area (Å²) in [6.45, 7) is 3.86. The lowest BCUT2D eigenvalue weighted by molar-refractivity contribution is 0.0475. The second-order valence-corrected chi connectivity index (χ2v) is 5.85. The Hall–Kier alpha value is -3.08. The maximum atomic E-state index is 12.4. The Bertz CT molecular complexity index is 1000. The number of fused-ring (bicyclic) bond motifs is 1. The topological polar surface area (TPSA) is 68.5 Å². The molecule has 0 unspecified atom stereocenters. The maximum absolute atomic E-state index is 12.4. The number of esters is 1. The summed E-state index contributed by atoms with van der Waals surface area (Å²) in [6.07, 6.45) is 0. The van der Waals surface area contributed by atoms with E-state index >= 15 is 0 Å². The Kier molecular flexibility index (Phi) is 4.57. The standard InChI is InChI=1S/C20H19NO4/c1-12-8-9-15-14(10-18(22)25-19(15)13(12)2)11-24-20(23)16-6-4-5-7-17(16)21-3/h4-10,21H,11H2,1-3H3. The molecule has 0 spiro atoms. The smallest absolute Gasteiger partial charge is 0.340 e. The third-order valence-corrected chi connectivity index (χ3v) is 4.29. The van der Waals surface area contributed by atoms with Gasteiger partial charge in [0, 0.05) is 29.8 Å². The van der Waals surface area contributed by atoms with Crippen LogP contribution in [0.2, 0.25) is 0 Å². The zero-order chi connectivity index (χ0) is 18.0. The molecule has 1 heterocycles. The number of carbonyl (C=O) groups excluding carboxylic acids is 1. The molecule has 2 aromatic carbocycles. The summed E-state index contributed by atoms with van der Waals surface area (Å²) in [4.78, 5) is 24.2. The molecule has 0 bridgehead atoms. The van der Waals surface area contributed by atoms with Crippen LogP contribution in [0.25, 0.3) is 11.0 Å². The highest BCUT2D eigenvalue weighted by molar-refractivity contribution is 5.95. The Morgan fingerprint density at radius 3 is 2.68 bits per heavy atom. The first-order valence-electron chi connectivity index (χ1n) is 7.98. The highest BCUT2D eigenvalue weighted by Crippen LogP contribution is 2.24. The predicted octanol–water partition coefficient (Wildman–Crippen LogP) is 3.81. The summed E-state index contributed by atoms with van der Waals surface area (Å²) >= 11 is 0. The van der Waals surface area contributed by atoms with Crippen LogP contribution < -0.4 is 10.9 Å². The van der Waals surface area contributed by atoms with E-state index in [4.69, 9.17) is 9.15 Å². The average Bonchev–Trinajstić information content (AvgIpc) is 2.62. The van der Waals surface area contributed by atoms with Crippen molar-refractivity contribution in [2.75, 3.05) is 12.4 Å². The Labute approximate surface area is 145 Å². The van der Waals surface area contributed by atoms with E-state index in [1.807, 2.05) is 32.0 Å². The molecular formula is C20H19NO4. The molecule has 0 saturated carbocycles. The van der Waals surface area contributed by atoms with E-state index in [0.717, 1.165) is 16.5 Å². The van der Waals surface area contributed by atoms with Gasteiger partial charge in [-0.2, -0.15) is 0 Å². The number of aryl methyl sites for hydroxylation is 2. The molecule has 1 aromatic heterocycles. The summed E-state index contributed by atoms with van der Waals surface area (Å²) in [5, 5.41) is 3.74. The summed E-state index contributed by atoms with van der Waals surface area (Å²) in [5.74, 6) is -0.449. The third-order valence-electron chi connectivity index (χ3n) is 4.29. The summed E-state index contributed by atoms with van der Waals surface area (Å²) in [6, 6.07) is 12.3. The highest BCUT2D eigenvalue weighted by Gasteiger charge is 2.14. The van der Waals surface area contributed by atoms with Gasteiger partial charge in [0.2, 0.25) is 0 Å². The van der Waals surface area contributed by atoms with E-state index in [9.17, 15) is 9.59 Å². The Morgan fingerprint density at radius 2 is 1.92 bits per heavy atom. The van der Waals surface area contributed by atoms with Crippen molar-refractivity contribution in [2.45, 2.75) is 20.5 Å². The fourth-order valence-corrected chi connectivity index (χ4v) is 2.74. The van der Waals surface area contributed by atoms with Gasteiger partial charge in [0.1, 0.15) is 12.2 Å². The van der Waals surface area contributed by atoms with Crippen molar-refractivity contribution in [1.29, 1.82) is 0 Å². The molecule has 128 valence electrons. The summed E-state index contributed by atoms with van der Waals surface area (Å²) in [5.41, 5.74) is 3.79. The first-order chi connectivity index (χ1) is 12.0. The van der Waals surface area contributed by atoms with E-state index < -0.39 is 11.6 Å². The Morgan fingerprint density at radius 1 is 1.16 bits per heavy atom. The third kappa shape index (κ3) is 3.26. The number of nitrogens with one attached hydrogen (secondary N) is 1. The lowest BCUT2D eigenvalue weighted by atomic mass is 10.0. The van der Waals surface area contributed by atoms with Crippen LogP contribution in [0, 0.1) is 13.8 Å². The summed E-state index contributed by atoms with van der Waals surface area (Å²) in [7, 11) is 1.74. The second kappa shape index (κ2) is 6.81. The number of ether oxygens (including phenoxy) is 1. The number of benzene rings is 2. The molecule has 0 atom stereocenters. The number of carbonyl (C=O) groups is 1. The molecule has 5 nitrogen and oxygen atoms in total. The van der Waals surface area contributed by atoms with E-state index in [1.165, 1.54) is 6.07 Å². The number of anilines is 1. The molecule has 0 amide bonds. The SMILES string of the molecule is CNc1ccccc1C(=O)OCc1cc(=O)oc2c(C)c(C)ccc12. The molecule has 0 saturated heterocycles. The molecule has 3 aromatic rings. The number of hydrogen-bond donors (Lipinski definition) is 1. The van der Waals surface area contributed by atoms with Crippen molar-refractivity contribution in [1.82, 2.24) is 0 Å². The van der Waals surface area contributed by atoms with Gasteiger partial charge in [-0.25, -0.2) is 9.59 Å². The van der Waals surface area contributed by atoms with Crippen molar-refractivity contribution in [3.8, 4) is 0 Å². The quantitative estimate of drug-likeness (QED) is 0.579. The van der Waals surface area contributed by atoms with Crippen molar-refractivity contribution < 1.29 is 13.9 Å². The highest BCUT2D eigenvalue weighted by atomic mass is 16.5. The fraction of sp³-hybridized carbons (Fsp3) is 0.200. The van der Waals surface area contributed by atoms with Crippen LogP contribution in [-0.2, 0) is 11.3 Å². The van der Waals surface area contributed by atoms with Crippen LogP contribution >= 0.6 is 0 Å². The lowest BCUT2D eigenvalue weighted by Crippen LogP contribution is -2.10. The molecule has 0 radical (unpaired) electrons. The number of rotatable bonds is 4. The van der Waals surface area contributed by atoms with Crippen LogP contribution in [0.5, 0.6) is 0 Å². The average molecular weight is 337 g/mol. The van der Waals surface area contributed by atoms with Crippen molar-refractivity contribution in [3.05, 3.63) is 75.1 Å². The van der Waals surface area contributed by atoms with Gasteiger partial charge in [0.15, 0.2) is 0 Å². The van der Waals surface area contributed by atoms with Gasteiger partial charge in [-0.1, -0.05) is 24.3 Å². The minimum atomic E-state index is -0.456. The first-order valence-corrected chi connectivity index (χ1v) is 7.98. The van der Waals surface area contributed by atoms with Crippen molar-refractivity contribution in [3.63, 3.8) is 0 Å². The van der Waals surface area contributed by atoms with Crippen LogP contribution in [0.4, 0.5) is 5.69 Å². The van der Waals surface area contributed by atoms with E-state index in [1.54, 1.807) is 25.2 Å². The molecule has 0 aliphatic carbocycles. The molecule has 3 rings (SSSR count). The van der Waals surface area contributed by atoms with Crippen molar-refractivity contribution in [2.24, 2.45) is 0 Å². The zero-order valence-electron chi connectivity index (χ0n) is 14.4. The van der Waals surface area contributed by atoms with Gasteiger partial charge >= 0.3 is 11.6 Å². The van der Waals surface area contributed by atoms with Crippen LogP contribution in [-0.4, -0.2) is 13.0 Å². The van der Waals surface area contributed by atoms with Gasteiger partial charge in [0.05, 0.1) is 5.56 Å².